The van der Waals surface area contributed by atoms with Crippen LogP contribution in [0.1, 0.15) is 37.0 Å². The Hall–Kier alpha value is -2.94. The second-order valence-corrected chi connectivity index (χ2v) is 8.69. The molecule has 2 amide bonds. The topological polar surface area (TPSA) is 95.6 Å². The third kappa shape index (κ3) is 5.79. The summed E-state index contributed by atoms with van der Waals surface area (Å²) in [5, 5.41) is 5.37. The number of carbonyl (C=O) groups is 2. The van der Waals surface area contributed by atoms with Crippen molar-refractivity contribution in [2.45, 2.75) is 32.7 Å². The summed E-state index contributed by atoms with van der Waals surface area (Å²) in [6, 6.07) is 10.5. The van der Waals surface area contributed by atoms with Gasteiger partial charge in [0.15, 0.2) is 0 Å². The van der Waals surface area contributed by atoms with Crippen LogP contribution in [-0.2, 0) is 14.8 Å². The molecule has 2 rings (SSSR count). The van der Waals surface area contributed by atoms with Gasteiger partial charge in [-0.15, -0.1) is 0 Å². The maximum absolute atomic E-state index is 14.2. The molecular formula is C21H26FN3O4S. The number of sulfonamides is 1. The van der Waals surface area contributed by atoms with Crippen molar-refractivity contribution in [1.29, 1.82) is 0 Å². The quantitative estimate of drug-likeness (QED) is 0.592. The van der Waals surface area contributed by atoms with Crippen LogP contribution in [0.4, 0.5) is 15.8 Å². The number of anilines is 2. The minimum atomic E-state index is -3.97. The normalized spacial score (nSPS) is 12.1. The van der Waals surface area contributed by atoms with E-state index < -0.39 is 27.8 Å². The molecule has 0 fully saturated rings. The summed E-state index contributed by atoms with van der Waals surface area (Å²) in [6.45, 7) is 3.86. The van der Waals surface area contributed by atoms with Crippen LogP contribution < -0.4 is 14.9 Å². The molecule has 0 aliphatic carbocycles. The Labute approximate surface area is 176 Å². The molecule has 0 spiro atoms. The highest BCUT2D eigenvalue weighted by Gasteiger charge is 2.31. The fourth-order valence-corrected chi connectivity index (χ4v) is 4.09. The molecule has 1 atom stereocenters. The highest BCUT2D eigenvalue weighted by Crippen LogP contribution is 2.25. The predicted octanol–water partition coefficient (Wildman–Crippen LogP) is 3.15. The average molecular weight is 436 g/mol. The maximum Gasteiger partial charge on any atom is 0.253 e. The lowest BCUT2D eigenvalue weighted by molar-refractivity contribution is -0.116. The molecule has 30 heavy (non-hydrogen) atoms. The number of benzene rings is 2. The van der Waals surface area contributed by atoms with Crippen molar-refractivity contribution in [3.63, 3.8) is 0 Å². The van der Waals surface area contributed by atoms with Crippen LogP contribution in [0.5, 0.6) is 0 Å². The number of hydrogen-bond donors (Lipinski definition) is 2. The molecule has 162 valence electrons. The molecule has 0 aromatic heterocycles. The first-order valence-electron chi connectivity index (χ1n) is 9.58. The molecule has 9 heteroatoms. The van der Waals surface area contributed by atoms with Crippen molar-refractivity contribution in [3.05, 3.63) is 59.9 Å². The van der Waals surface area contributed by atoms with Gasteiger partial charge in [-0.05, 0) is 37.6 Å². The van der Waals surface area contributed by atoms with Crippen LogP contribution in [0.2, 0.25) is 0 Å². The molecule has 0 saturated heterocycles. The molecule has 2 aromatic rings. The number of nitrogens with one attached hydrogen (secondary N) is 2. The van der Waals surface area contributed by atoms with Gasteiger partial charge in [0, 0.05) is 6.54 Å². The summed E-state index contributed by atoms with van der Waals surface area (Å²) in [5.41, 5.74) is 0.268. The molecule has 2 N–H and O–H groups in total. The van der Waals surface area contributed by atoms with E-state index in [2.05, 4.69) is 10.6 Å². The van der Waals surface area contributed by atoms with E-state index >= 15 is 0 Å². The molecule has 7 nitrogen and oxygen atoms in total. The summed E-state index contributed by atoms with van der Waals surface area (Å²) >= 11 is 0. The second kappa shape index (κ2) is 10.2. The Bertz CT molecular complexity index is 1010. The van der Waals surface area contributed by atoms with E-state index in [4.69, 9.17) is 0 Å². The predicted molar refractivity (Wildman–Crippen MR) is 115 cm³/mol. The van der Waals surface area contributed by atoms with Gasteiger partial charge >= 0.3 is 0 Å². The third-order valence-corrected chi connectivity index (χ3v) is 5.65. The first-order chi connectivity index (χ1) is 14.2. The Kier molecular flexibility index (Phi) is 7.93. The molecule has 0 bridgehead atoms. The number of rotatable bonds is 9. The van der Waals surface area contributed by atoms with Crippen LogP contribution in [0.25, 0.3) is 0 Å². The van der Waals surface area contributed by atoms with Crippen LogP contribution in [0, 0.1) is 5.82 Å². The molecule has 0 heterocycles. The van der Waals surface area contributed by atoms with Crippen molar-refractivity contribution in [2.75, 3.05) is 22.4 Å². The molecule has 0 aliphatic rings. The molecule has 0 aliphatic heterocycles. The van der Waals surface area contributed by atoms with Gasteiger partial charge in [-0.1, -0.05) is 37.6 Å². The SMILES string of the molecule is CCCCNC(=O)c1ccccc1NC(=O)[C@H](C)N(c1ccccc1F)S(C)(=O)=O. The van der Waals surface area contributed by atoms with Crippen LogP contribution in [0.3, 0.4) is 0 Å². The standard InChI is InChI=1S/C21H26FN3O4S/c1-4-5-14-23-21(27)16-10-6-8-12-18(16)24-20(26)15(2)25(30(3,28)29)19-13-9-7-11-17(19)22/h6-13,15H,4-5,14H2,1-3H3,(H,23,27)(H,24,26)/t15-/m0/s1. The lowest BCUT2D eigenvalue weighted by atomic mass is 10.1. The maximum atomic E-state index is 14.2. The van der Waals surface area contributed by atoms with E-state index in [0.29, 0.717) is 6.54 Å². The zero-order valence-corrected chi connectivity index (χ0v) is 18.0. The van der Waals surface area contributed by atoms with Crippen LogP contribution in [0.15, 0.2) is 48.5 Å². The summed E-state index contributed by atoms with van der Waals surface area (Å²) in [7, 11) is -3.97. The number of nitrogens with zero attached hydrogens (tertiary/aromatic N) is 1. The van der Waals surface area contributed by atoms with Gasteiger partial charge in [-0.3, -0.25) is 13.9 Å². The van der Waals surface area contributed by atoms with Crippen LogP contribution >= 0.6 is 0 Å². The minimum Gasteiger partial charge on any atom is -0.352 e. The lowest BCUT2D eigenvalue weighted by Crippen LogP contribution is -2.46. The molecular weight excluding hydrogens is 409 g/mol. The summed E-state index contributed by atoms with van der Waals surface area (Å²) in [4.78, 5) is 25.3. The van der Waals surface area contributed by atoms with E-state index in [-0.39, 0.29) is 22.8 Å². The van der Waals surface area contributed by atoms with Crippen LogP contribution in [-0.4, -0.2) is 39.1 Å². The van der Waals surface area contributed by atoms with Crippen molar-refractivity contribution in [1.82, 2.24) is 5.32 Å². The molecule has 0 unspecified atom stereocenters. The largest absolute Gasteiger partial charge is 0.352 e. The fraction of sp³-hybridized carbons (Fsp3) is 0.333. The first kappa shape index (κ1) is 23.3. The van der Waals surface area contributed by atoms with Gasteiger partial charge in [-0.25, -0.2) is 12.8 Å². The summed E-state index contributed by atoms with van der Waals surface area (Å²) in [5.74, 6) is -1.81. The van der Waals surface area contributed by atoms with Crippen molar-refractivity contribution in [2.24, 2.45) is 0 Å². The number of carbonyl (C=O) groups excluding carboxylic acids is 2. The number of hydrogen-bond acceptors (Lipinski definition) is 4. The summed E-state index contributed by atoms with van der Waals surface area (Å²) in [6.07, 6.45) is 2.65. The number of halogens is 1. The van der Waals surface area contributed by atoms with Crippen molar-refractivity contribution < 1.29 is 22.4 Å². The lowest BCUT2D eigenvalue weighted by Gasteiger charge is -2.28. The Morgan fingerprint density at radius 1 is 1.10 bits per heavy atom. The van der Waals surface area contributed by atoms with E-state index in [1.165, 1.54) is 25.1 Å². The molecule has 2 aromatic carbocycles. The Balaban J connectivity index is 2.28. The van der Waals surface area contributed by atoms with Gasteiger partial charge < -0.3 is 10.6 Å². The smallest absolute Gasteiger partial charge is 0.253 e. The zero-order chi connectivity index (χ0) is 22.3. The van der Waals surface area contributed by atoms with E-state index in [1.54, 1.807) is 24.3 Å². The van der Waals surface area contributed by atoms with Gasteiger partial charge in [0.1, 0.15) is 11.9 Å². The van der Waals surface area contributed by atoms with Gasteiger partial charge in [0.2, 0.25) is 15.9 Å². The molecule has 0 saturated carbocycles. The van der Waals surface area contributed by atoms with E-state index in [1.807, 2.05) is 6.92 Å². The monoisotopic (exact) mass is 435 g/mol. The van der Waals surface area contributed by atoms with E-state index in [0.717, 1.165) is 29.5 Å². The highest BCUT2D eigenvalue weighted by atomic mass is 32.2. The van der Waals surface area contributed by atoms with Gasteiger partial charge in [0.25, 0.3) is 5.91 Å². The minimum absolute atomic E-state index is 0.228. The molecule has 0 radical (unpaired) electrons. The number of unbranched alkanes of at least 4 members (excludes halogenated alkanes) is 1. The first-order valence-corrected chi connectivity index (χ1v) is 11.4. The average Bonchev–Trinajstić information content (AvgIpc) is 2.69. The van der Waals surface area contributed by atoms with Crippen molar-refractivity contribution >= 4 is 33.2 Å². The fourth-order valence-electron chi connectivity index (χ4n) is 2.91. The van der Waals surface area contributed by atoms with E-state index in [9.17, 15) is 22.4 Å². The summed E-state index contributed by atoms with van der Waals surface area (Å²) < 4.78 is 39.6. The Morgan fingerprint density at radius 3 is 2.37 bits per heavy atom. The van der Waals surface area contributed by atoms with Crippen molar-refractivity contribution in [3.8, 4) is 0 Å². The zero-order valence-electron chi connectivity index (χ0n) is 17.2. The number of para-hydroxylation sites is 2. The second-order valence-electron chi connectivity index (χ2n) is 6.83. The third-order valence-electron chi connectivity index (χ3n) is 4.42. The van der Waals surface area contributed by atoms with Gasteiger partial charge in [-0.2, -0.15) is 0 Å². The Morgan fingerprint density at radius 2 is 1.73 bits per heavy atom. The number of amides is 2. The highest BCUT2D eigenvalue weighted by molar-refractivity contribution is 7.92. The van der Waals surface area contributed by atoms with Gasteiger partial charge in [0.05, 0.1) is 23.2 Å².